The van der Waals surface area contributed by atoms with Crippen LogP contribution in [0.3, 0.4) is 0 Å². The van der Waals surface area contributed by atoms with E-state index in [1.807, 2.05) is 49.4 Å². The Morgan fingerprint density at radius 3 is 2.44 bits per heavy atom. The SMILES string of the molecule is CC(Oc1cccc(N)c1)c1ccccc1. The molecule has 0 amide bonds. The van der Waals surface area contributed by atoms with Crippen LogP contribution in [0.2, 0.25) is 0 Å². The third-order valence-electron chi connectivity index (χ3n) is 2.44. The average Bonchev–Trinajstić information content (AvgIpc) is 2.30. The van der Waals surface area contributed by atoms with Gasteiger partial charge in [-0.1, -0.05) is 36.4 Å². The van der Waals surface area contributed by atoms with Crippen LogP contribution in [0.1, 0.15) is 18.6 Å². The van der Waals surface area contributed by atoms with Gasteiger partial charge in [0.15, 0.2) is 0 Å². The molecule has 0 bridgehead atoms. The highest BCUT2D eigenvalue weighted by atomic mass is 16.5. The number of nitrogen functional groups attached to an aromatic ring is 1. The molecule has 0 spiro atoms. The molecule has 1 unspecified atom stereocenters. The van der Waals surface area contributed by atoms with Gasteiger partial charge in [0.1, 0.15) is 11.9 Å². The lowest BCUT2D eigenvalue weighted by Crippen LogP contribution is -2.02. The molecule has 16 heavy (non-hydrogen) atoms. The van der Waals surface area contributed by atoms with Gasteiger partial charge < -0.3 is 10.5 Å². The second kappa shape index (κ2) is 4.71. The Morgan fingerprint density at radius 2 is 1.75 bits per heavy atom. The third-order valence-corrected chi connectivity index (χ3v) is 2.44. The minimum absolute atomic E-state index is 0.0306. The van der Waals surface area contributed by atoms with Crippen molar-refractivity contribution in [1.29, 1.82) is 0 Å². The van der Waals surface area contributed by atoms with Gasteiger partial charge in [0, 0.05) is 11.8 Å². The second-order valence-corrected chi connectivity index (χ2v) is 3.74. The Morgan fingerprint density at radius 1 is 1.00 bits per heavy atom. The van der Waals surface area contributed by atoms with Crippen molar-refractivity contribution in [3.05, 3.63) is 60.2 Å². The van der Waals surface area contributed by atoms with Crippen molar-refractivity contribution >= 4 is 5.69 Å². The molecule has 0 aliphatic carbocycles. The predicted octanol–water partition coefficient (Wildman–Crippen LogP) is 3.41. The van der Waals surface area contributed by atoms with Crippen molar-refractivity contribution in [2.24, 2.45) is 0 Å². The van der Waals surface area contributed by atoms with E-state index in [1.165, 1.54) is 0 Å². The van der Waals surface area contributed by atoms with Crippen LogP contribution in [0, 0.1) is 0 Å². The zero-order chi connectivity index (χ0) is 11.4. The molecular formula is C14H15NO. The molecule has 0 saturated heterocycles. The van der Waals surface area contributed by atoms with Gasteiger partial charge in [-0.25, -0.2) is 0 Å². The monoisotopic (exact) mass is 213 g/mol. The Bertz CT molecular complexity index is 453. The minimum atomic E-state index is 0.0306. The van der Waals surface area contributed by atoms with E-state index in [0.717, 1.165) is 17.0 Å². The van der Waals surface area contributed by atoms with Crippen LogP contribution in [0.5, 0.6) is 5.75 Å². The van der Waals surface area contributed by atoms with Gasteiger partial charge in [-0.05, 0) is 24.6 Å². The highest BCUT2D eigenvalue weighted by Crippen LogP contribution is 2.22. The molecule has 0 aromatic heterocycles. The highest BCUT2D eigenvalue weighted by molar-refractivity contribution is 5.43. The Balaban J connectivity index is 2.11. The van der Waals surface area contributed by atoms with E-state index >= 15 is 0 Å². The average molecular weight is 213 g/mol. The molecule has 0 saturated carbocycles. The van der Waals surface area contributed by atoms with Gasteiger partial charge in [0.25, 0.3) is 0 Å². The molecule has 0 radical (unpaired) electrons. The molecule has 2 rings (SSSR count). The molecule has 2 aromatic carbocycles. The summed E-state index contributed by atoms with van der Waals surface area (Å²) in [4.78, 5) is 0. The first-order chi connectivity index (χ1) is 7.75. The fourth-order valence-electron chi connectivity index (χ4n) is 1.58. The molecule has 82 valence electrons. The summed E-state index contributed by atoms with van der Waals surface area (Å²) in [5.74, 6) is 0.802. The van der Waals surface area contributed by atoms with Crippen LogP contribution >= 0.6 is 0 Å². The highest BCUT2D eigenvalue weighted by Gasteiger charge is 2.06. The predicted molar refractivity (Wildman–Crippen MR) is 66.3 cm³/mol. The fourth-order valence-corrected chi connectivity index (χ4v) is 1.58. The Labute approximate surface area is 95.7 Å². The Kier molecular flexibility index (Phi) is 3.10. The van der Waals surface area contributed by atoms with E-state index in [4.69, 9.17) is 10.5 Å². The van der Waals surface area contributed by atoms with Crippen LogP contribution in [0.25, 0.3) is 0 Å². The van der Waals surface area contributed by atoms with E-state index in [9.17, 15) is 0 Å². The number of hydrogen-bond acceptors (Lipinski definition) is 2. The molecule has 0 aliphatic heterocycles. The van der Waals surface area contributed by atoms with Gasteiger partial charge in [-0.3, -0.25) is 0 Å². The van der Waals surface area contributed by atoms with Crippen molar-refractivity contribution in [2.45, 2.75) is 13.0 Å². The number of nitrogens with two attached hydrogens (primary N) is 1. The van der Waals surface area contributed by atoms with Crippen LogP contribution in [-0.4, -0.2) is 0 Å². The summed E-state index contributed by atoms with van der Waals surface area (Å²) < 4.78 is 5.80. The summed E-state index contributed by atoms with van der Waals surface area (Å²) in [7, 11) is 0. The maximum atomic E-state index is 5.80. The smallest absolute Gasteiger partial charge is 0.122 e. The van der Waals surface area contributed by atoms with Crippen LogP contribution < -0.4 is 10.5 Å². The van der Waals surface area contributed by atoms with Crippen LogP contribution in [-0.2, 0) is 0 Å². The fraction of sp³-hybridized carbons (Fsp3) is 0.143. The van der Waals surface area contributed by atoms with E-state index in [0.29, 0.717) is 0 Å². The summed E-state index contributed by atoms with van der Waals surface area (Å²) in [6, 6.07) is 17.6. The molecule has 0 heterocycles. The summed E-state index contributed by atoms with van der Waals surface area (Å²) >= 11 is 0. The normalized spacial score (nSPS) is 12.1. The number of hydrogen-bond donors (Lipinski definition) is 1. The molecule has 0 aliphatic rings. The quantitative estimate of drug-likeness (QED) is 0.793. The molecule has 0 fully saturated rings. The van der Waals surface area contributed by atoms with E-state index in [2.05, 4.69) is 12.1 Å². The van der Waals surface area contributed by atoms with Gasteiger partial charge >= 0.3 is 0 Å². The number of rotatable bonds is 3. The number of anilines is 1. The van der Waals surface area contributed by atoms with Gasteiger partial charge in [0.2, 0.25) is 0 Å². The van der Waals surface area contributed by atoms with Crippen molar-refractivity contribution < 1.29 is 4.74 Å². The lowest BCUT2D eigenvalue weighted by Gasteiger charge is -2.15. The zero-order valence-corrected chi connectivity index (χ0v) is 9.26. The lowest BCUT2D eigenvalue weighted by atomic mass is 10.1. The maximum absolute atomic E-state index is 5.80. The summed E-state index contributed by atoms with van der Waals surface area (Å²) in [6.45, 7) is 2.03. The third kappa shape index (κ3) is 2.54. The van der Waals surface area contributed by atoms with Crippen molar-refractivity contribution in [2.75, 3.05) is 5.73 Å². The first-order valence-corrected chi connectivity index (χ1v) is 5.33. The molecular weight excluding hydrogens is 198 g/mol. The summed E-state index contributed by atoms with van der Waals surface area (Å²) in [5.41, 5.74) is 7.57. The van der Waals surface area contributed by atoms with E-state index in [1.54, 1.807) is 0 Å². The van der Waals surface area contributed by atoms with Crippen molar-refractivity contribution in [3.8, 4) is 5.75 Å². The van der Waals surface area contributed by atoms with Crippen LogP contribution in [0.4, 0.5) is 5.69 Å². The summed E-state index contributed by atoms with van der Waals surface area (Å²) in [6.07, 6.45) is 0.0306. The van der Waals surface area contributed by atoms with Crippen molar-refractivity contribution in [1.82, 2.24) is 0 Å². The van der Waals surface area contributed by atoms with Gasteiger partial charge in [-0.15, -0.1) is 0 Å². The first kappa shape index (κ1) is 10.6. The zero-order valence-electron chi connectivity index (χ0n) is 9.26. The summed E-state index contributed by atoms with van der Waals surface area (Å²) in [5, 5.41) is 0. The van der Waals surface area contributed by atoms with E-state index < -0.39 is 0 Å². The second-order valence-electron chi connectivity index (χ2n) is 3.74. The molecule has 2 N–H and O–H groups in total. The van der Waals surface area contributed by atoms with E-state index in [-0.39, 0.29) is 6.10 Å². The number of ether oxygens (including phenoxy) is 1. The molecule has 2 aromatic rings. The maximum Gasteiger partial charge on any atom is 0.122 e. The van der Waals surface area contributed by atoms with Crippen LogP contribution in [0.15, 0.2) is 54.6 Å². The lowest BCUT2D eigenvalue weighted by molar-refractivity contribution is 0.227. The molecule has 1 atom stereocenters. The van der Waals surface area contributed by atoms with Gasteiger partial charge in [0.05, 0.1) is 0 Å². The first-order valence-electron chi connectivity index (χ1n) is 5.33. The minimum Gasteiger partial charge on any atom is -0.486 e. The standard InChI is InChI=1S/C14H15NO/c1-11(12-6-3-2-4-7-12)16-14-9-5-8-13(15)10-14/h2-11H,15H2,1H3. The molecule has 2 nitrogen and oxygen atoms in total. The van der Waals surface area contributed by atoms with Gasteiger partial charge in [-0.2, -0.15) is 0 Å². The largest absolute Gasteiger partial charge is 0.486 e. The van der Waals surface area contributed by atoms with Crippen molar-refractivity contribution in [3.63, 3.8) is 0 Å². The molecule has 2 heteroatoms. The Hall–Kier alpha value is -1.96. The topological polar surface area (TPSA) is 35.2 Å². The number of benzene rings is 2.